The van der Waals surface area contributed by atoms with Crippen molar-refractivity contribution in [3.63, 3.8) is 0 Å². The minimum atomic E-state index is 0. The van der Waals surface area contributed by atoms with Gasteiger partial charge in [-0.1, -0.05) is 18.6 Å². The number of hydrogen-bond donors (Lipinski definition) is 1. The number of carbonyl (C=O) groups excluding carboxylic acids is 1. The lowest BCUT2D eigenvalue weighted by Gasteiger charge is -2.28. The molecule has 2 aromatic heterocycles. The Balaban J connectivity index is 0.00000261. The summed E-state index contributed by atoms with van der Waals surface area (Å²) in [4.78, 5) is 24.4. The van der Waals surface area contributed by atoms with E-state index in [1.165, 1.54) is 0 Å². The fourth-order valence-electron chi connectivity index (χ4n) is 3.86. The van der Waals surface area contributed by atoms with Gasteiger partial charge in [0.25, 0.3) is 0 Å². The highest BCUT2D eigenvalue weighted by Crippen LogP contribution is 2.33. The molecule has 1 saturated carbocycles. The van der Waals surface area contributed by atoms with E-state index in [4.69, 9.17) is 5.73 Å². The molecule has 1 aliphatic carbocycles. The number of carbonyl (C=O) groups is 1. The summed E-state index contributed by atoms with van der Waals surface area (Å²) in [5.74, 6) is 0.500. The van der Waals surface area contributed by atoms with Crippen molar-refractivity contribution in [2.24, 2.45) is 17.6 Å². The number of amides is 1. The Morgan fingerprint density at radius 2 is 1.48 bits per heavy atom. The van der Waals surface area contributed by atoms with Gasteiger partial charge in [-0.3, -0.25) is 14.8 Å². The van der Waals surface area contributed by atoms with E-state index >= 15 is 0 Å². The Kier molecular flexibility index (Phi) is 12.4. The molecule has 1 aliphatic rings. The molecule has 3 rings (SSSR count). The number of nitrogens with zero attached hydrogens (tertiary/aromatic N) is 3. The van der Waals surface area contributed by atoms with E-state index in [-0.39, 0.29) is 49.0 Å². The predicted octanol–water partition coefficient (Wildman–Crippen LogP) is 4.26. The van der Waals surface area contributed by atoms with E-state index in [1.54, 1.807) is 0 Å². The normalized spacial score (nSPS) is 17.5. The second-order valence-corrected chi connectivity index (χ2v) is 7.27. The standard InChI is InChI=1S/C21H28N4O.3ClH/c1-15-6-3-9-18(23-15)13-25(14-19-10-4-7-16(2)24-19)21(26)20-11-5-8-17(20)12-22;;;/h3-4,6-7,9-10,17,20H,5,8,11-14,22H2,1-2H3;3*1H/t17-,20-;;;/m1.../s1. The summed E-state index contributed by atoms with van der Waals surface area (Å²) in [5, 5.41) is 0. The van der Waals surface area contributed by atoms with Crippen molar-refractivity contribution in [3.8, 4) is 0 Å². The van der Waals surface area contributed by atoms with E-state index in [2.05, 4.69) is 9.97 Å². The SMILES string of the molecule is Cc1cccc(CN(Cc2cccc(C)n2)C(=O)[C@@H]2CCC[C@@H]2CN)n1.Cl.Cl.Cl. The van der Waals surface area contributed by atoms with Crippen LogP contribution in [-0.4, -0.2) is 27.3 Å². The van der Waals surface area contributed by atoms with Crippen molar-refractivity contribution >= 4 is 43.1 Å². The van der Waals surface area contributed by atoms with Gasteiger partial charge in [-0.2, -0.15) is 0 Å². The number of pyridine rings is 2. The zero-order chi connectivity index (χ0) is 18.5. The maximum Gasteiger partial charge on any atom is 0.226 e. The highest BCUT2D eigenvalue weighted by molar-refractivity contribution is 5.86. The number of aromatic nitrogens is 2. The molecule has 1 amide bonds. The Hall–Kier alpha value is -1.40. The summed E-state index contributed by atoms with van der Waals surface area (Å²) < 4.78 is 0. The van der Waals surface area contributed by atoms with Crippen LogP contribution in [0.25, 0.3) is 0 Å². The molecule has 0 aliphatic heterocycles. The first kappa shape index (κ1) is 27.6. The quantitative estimate of drug-likeness (QED) is 0.697. The smallest absolute Gasteiger partial charge is 0.226 e. The number of halogens is 3. The summed E-state index contributed by atoms with van der Waals surface area (Å²) in [6.07, 6.45) is 3.06. The van der Waals surface area contributed by atoms with Gasteiger partial charge in [-0.05, 0) is 63.4 Å². The molecule has 29 heavy (non-hydrogen) atoms. The Labute approximate surface area is 192 Å². The van der Waals surface area contributed by atoms with Gasteiger partial charge in [-0.15, -0.1) is 37.2 Å². The van der Waals surface area contributed by atoms with Crippen LogP contribution in [0, 0.1) is 25.7 Å². The molecule has 0 unspecified atom stereocenters. The number of aryl methyl sites for hydroxylation is 2. The lowest BCUT2D eigenvalue weighted by Crippen LogP contribution is -2.38. The topological polar surface area (TPSA) is 72.1 Å². The minimum absolute atomic E-state index is 0. The summed E-state index contributed by atoms with van der Waals surface area (Å²) in [6.45, 7) is 5.53. The van der Waals surface area contributed by atoms with E-state index in [0.717, 1.165) is 42.0 Å². The molecule has 0 aromatic carbocycles. The van der Waals surface area contributed by atoms with Crippen LogP contribution >= 0.6 is 37.2 Å². The van der Waals surface area contributed by atoms with Gasteiger partial charge in [0, 0.05) is 17.3 Å². The highest BCUT2D eigenvalue weighted by Gasteiger charge is 2.35. The first-order valence-electron chi connectivity index (χ1n) is 9.40. The van der Waals surface area contributed by atoms with Gasteiger partial charge in [0.15, 0.2) is 0 Å². The molecule has 0 spiro atoms. The second-order valence-electron chi connectivity index (χ2n) is 7.27. The number of hydrogen-bond acceptors (Lipinski definition) is 4. The molecule has 0 bridgehead atoms. The fraction of sp³-hybridized carbons (Fsp3) is 0.476. The van der Waals surface area contributed by atoms with Crippen molar-refractivity contribution in [3.05, 3.63) is 59.2 Å². The van der Waals surface area contributed by atoms with Crippen molar-refractivity contribution in [2.45, 2.75) is 46.2 Å². The monoisotopic (exact) mass is 460 g/mol. The van der Waals surface area contributed by atoms with E-state index < -0.39 is 0 Å². The Morgan fingerprint density at radius 1 is 0.966 bits per heavy atom. The largest absolute Gasteiger partial charge is 0.331 e. The van der Waals surface area contributed by atoms with Crippen LogP contribution in [0.2, 0.25) is 0 Å². The Morgan fingerprint density at radius 3 is 1.93 bits per heavy atom. The molecule has 0 radical (unpaired) electrons. The van der Waals surface area contributed by atoms with Gasteiger partial charge in [0.2, 0.25) is 5.91 Å². The zero-order valence-electron chi connectivity index (χ0n) is 16.9. The van der Waals surface area contributed by atoms with Crippen LogP contribution in [0.5, 0.6) is 0 Å². The van der Waals surface area contributed by atoms with E-state index in [9.17, 15) is 4.79 Å². The van der Waals surface area contributed by atoms with Gasteiger partial charge >= 0.3 is 0 Å². The molecular formula is C21H31Cl3N4O. The molecule has 1 fully saturated rings. The third-order valence-electron chi connectivity index (χ3n) is 5.19. The van der Waals surface area contributed by atoms with Crippen LogP contribution < -0.4 is 5.73 Å². The zero-order valence-corrected chi connectivity index (χ0v) is 19.4. The summed E-state index contributed by atoms with van der Waals surface area (Å²) in [6, 6.07) is 11.9. The van der Waals surface area contributed by atoms with E-state index in [1.807, 2.05) is 55.1 Å². The first-order chi connectivity index (χ1) is 12.6. The van der Waals surface area contributed by atoms with Crippen LogP contribution in [0.15, 0.2) is 36.4 Å². The van der Waals surface area contributed by atoms with Crippen LogP contribution in [0.4, 0.5) is 0 Å². The van der Waals surface area contributed by atoms with Crippen LogP contribution in [0.3, 0.4) is 0 Å². The lowest BCUT2D eigenvalue weighted by atomic mass is 9.94. The third-order valence-corrected chi connectivity index (χ3v) is 5.19. The second kappa shape index (κ2) is 13.0. The average molecular weight is 462 g/mol. The molecule has 2 atom stereocenters. The van der Waals surface area contributed by atoms with Crippen molar-refractivity contribution in [1.82, 2.24) is 14.9 Å². The Bertz CT molecular complexity index is 728. The summed E-state index contributed by atoms with van der Waals surface area (Å²) >= 11 is 0. The van der Waals surface area contributed by atoms with Crippen molar-refractivity contribution in [2.75, 3.05) is 6.54 Å². The number of nitrogens with two attached hydrogens (primary N) is 1. The van der Waals surface area contributed by atoms with Gasteiger partial charge < -0.3 is 10.6 Å². The molecule has 2 heterocycles. The van der Waals surface area contributed by atoms with Crippen molar-refractivity contribution in [1.29, 1.82) is 0 Å². The average Bonchev–Trinajstić information content (AvgIpc) is 3.09. The van der Waals surface area contributed by atoms with Crippen molar-refractivity contribution < 1.29 is 4.79 Å². The molecule has 2 N–H and O–H groups in total. The lowest BCUT2D eigenvalue weighted by molar-refractivity contribution is -0.138. The molecule has 162 valence electrons. The molecule has 2 aromatic rings. The summed E-state index contributed by atoms with van der Waals surface area (Å²) in [7, 11) is 0. The predicted molar refractivity (Wildman–Crippen MR) is 124 cm³/mol. The molecule has 5 nitrogen and oxygen atoms in total. The summed E-state index contributed by atoms with van der Waals surface area (Å²) in [5.41, 5.74) is 9.66. The highest BCUT2D eigenvalue weighted by atomic mass is 35.5. The van der Waals surface area contributed by atoms with Gasteiger partial charge in [-0.25, -0.2) is 0 Å². The number of rotatable bonds is 6. The van der Waals surface area contributed by atoms with Crippen LogP contribution in [0.1, 0.15) is 42.0 Å². The van der Waals surface area contributed by atoms with E-state index in [0.29, 0.717) is 25.6 Å². The maximum atomic E-state index is 13.3. The first-order valence-corrected chi connectivity index (χ1v) is 9.40. The minimum Gasteiger partial charge on any atom is -0.331 e. The molecule has 8 heteroatoms. The molecule has 0 saturated heterocycles. The molecular weight excluding hydrogens is 431 g/mol. The van der Waals surface area contributed by atoms with Crippen LogP contribution in [-0.2, 0) is 17.9 Å². The third kappa shape index (κ3) is 7.41. The van der Waals surface area contributed by atoms with Gasteiger partial charge in [0.1, 0.15) is 0 Å². The fourth-order valence-corrected chi connectivity index (χ4v) is 3.86. The van der Waals surface area contributed by atoms with Gasteiger partial charge in [0.05, 0.1) is 24.5 Å². The maximum absolute atomic E-state index is 13.3.